The summed E-state index contributed by atoms with van der Waals surface area (Å²) in [6.07, 6.45) is 2.35. The second kappa shape index (κ2) is 3.08. The molecule has 2 aromatic rings. The van der Waals surface area contributed by atoms with Crippen LogP contribution in [0.4, 0.5) is 5.69 Å². The van der Waals surface area contributed by atoms with Crippen molar-refractivity contribution >= 4 is 5.69 Å². The summed E-state index contributed by atoms with van der Waals surface area (Å²) in [6, 6.07) is 7.47. The predicted molar refractivity (Wildman–Crippen MR) is 56.1 cm³/mol. The van der Waals surface area contributed by atoms with Crippen molar-refractivity contribution in [3.63, 3.8) is 0 Å². The quantitative estimate of drug-likeness (QED) is 0.756. The first kappa shape index (κ1) is 8.47. The Morgan fingerprint density at radius 2 is 2.20 bits per heavy atom. The number of benzene rings is 1. The van der Waals surface area contributed by atoms with E-state index in [9.17, 15) is 0 Å². The van der Waals surface area contributed by atoms with Gasteiger partial charge in [0.2, 0.25) is 0 Å². The molecule has 1 aliphatic carbocycles. The molecule has 3 rings (SSSR count). The Hall–Kier alpha value is -1.84. The number of nitrogens with zero attached hydrogens (tertiary/aromatic N) is 2. The standard InChI is InChI=1S/C11H11N3O/c12-9-3-1-2-8(6-9)11-13-10(14-15-11)7-4-5-7/h1-3,6-7H,4-5,12H2. The molecule has 4 nitrogen and oxygen atoms in total. The van der Waals surface area contributed by atoms with Gasteiger partial charge >= 0.3 is 0 Å². The highest BCUT2D eigenvalue weighted by atomic mass is 16.5. The van der Waals surface area contributed by atoms with Crippen molar-refractivity contribution in [3.8, 4) is 11.5 Å². The van der Waals surface area contributed by atoms with E-state index in [4.69, 9.17) is 10.3 Å². The van der Waals surface area contributed by atoms with E-state index >= 15 is 0 Å². The highest BCUT2D eigenvalue weighted by Crippen LogP contribution is 2.38. The lowest BCUT2D eigenvalue weighted by atomic mass is 10.2. The molecule has 2 N–H and O–H groups in total. The van der Waals surface area contributed by atoms with Gasteiger partial charge in [0.05, 0.1) is 0 Å². The number of nitrogens with two attached hydrogens (primary N) is 1. The van der Waals surface area contributed by atoms with E-state index < -0.39 is 0 Å². The van der Waals surface area contributed by atoms with Crippen LogP contribution in [0.3, 0.4) is 0 Å². The number of hydrogen-bond acceptors (Lipinski definition) is 4. The number of hydrogen-bond donors (Lipinski definition) is 1. The molecule has 1 heterocycles. The molecule has 1 fully saturated rings. The molecule has 0 amide bonds. The molecule has 0 aliphatic heterocycles. The average Bonchev–Trinajstić information content (AvgIpc) is 2.97. The van der Waals surface area contributed by atoms with Crippen molar-refractivity contribution in [2.24, 2.45) is 0 Å². The molecule has 1 aromatic heterocycles. The van der Waals surface area contributed by atoms with Gasteiger partial charge in [-0.3, -0.25) is 0 Å². The minimum absolute atomic E-state index is 0.517. The summed E-state index contributed by atoms with van der Waals surface area (Å²) in [7, 11) is 0. The molecule has 0 atom stereocenters. The third-order valence-corrected chi connectivity index (χ3v) is 2.52. The fourth-order valence-corrected chi connectivity index (χ4v) is 1.53. The molecule has 0 unspecified atom stereocenters. The van der Waals surface area contributed by atoms with Crippen molar-refractivity contribution in [1.29, 1.82) is 0 Å². The van der Waals surface area contributed by atoms with Gasteiger partial charge in [-0.2, -0.15) is 4.98 Å². The van der Waals surface area contributed by atoms with Crippen LogP contribution in [-0.2, 0) is 0 Å². The van der Waals surface area contributed by atoms with Gasteiger partial charge in [0, 0.05) is 17.2 Å². The van der Waals surface area contributed by atoms with Crippen LogP contribution >= 0.6 is 0 Å². The lowest BCUT2D eigenvalue weighted by Gasteiger charge is -1.94. The summed E-state index contributed by atoms with van der Waals surface area (Å²) in [5.74, 6) is 1.90. The Morgan fingerprint density at radius 3 is 2.93 bits per heavy atom. The van der Waals surface area contributed by atoms with Crippen molar-refractivity contribution in [2.45, 2.75) is 18.8 Å². The smallest absolute Gasteiger partial charge is 0.258 e. The van der Waals surface area contributed by atoms with Gasteiger partial charge in [0.15, 0.2) is 5.82 Å². The van der Waals surface area contributed by atoms with E-state index in [-0.39, 0.29) is 0 Å². The molecular formula is C11H11N3O. The van der Waals surface area contributed by atoms with Crippen LogP contribution < -0.4 is 5.73 Å². The highest BCUT2D eigenvalue weighted by molar-refractivity contribution is 5.59. The zero-order valence-corrected chi connectivity index (χ0v) is 8.18. The Kier molecular flexibility index (Phi) is 1.74. The van der Waals surface area contributed by atoms with Crippen LogP contribution in [0.5, 0.6) is 0 Å². The molecule has 1 aromatic carbocycles. The molecule has 1 saturated carbocycles. The lowest BCUT2D eigenvalue weighted by Crippen LogP contribution is -1.85. The monoisotopic (exact) mass is 201 g/mol. The van der Waals surface area contributed by atoms with Gasteiger partial charge in [-0.25, -0.2) is 0 Å². The van der Waals surface area contributed by atoms with E-state index in [1.807, 2.05) is 24.3 Å². The Bertz CT molecular complexity index is 488. The summed E-state index contributed by atoms with van der Waals surface area (Å²) in [5, 5.41) is 3.96. The topological polar surface area (TPSA) is 64.9 Å². The van der Waals surface area contributed by atoms with Crippen LogP contribution in [0.15, 0.2) is 28.8 Å². The molecule has 0 radical (unpaired) electrons. The Labute approximate surface area is 87.1 Å². The molecular weight excluding hydrogens is 190 g/mol. The van der Waals surface area contributed by atoms with E-state index in [2.05, 4.69) is 10.1 Å². The summed E-state index contributed by atoms with van der Waals surface area (Å²) in [5.41, 5.74) is 7.28. The number of aromatic nitrogens is 2. The highest BCUT2D eigenvalue weighted by Gasteiger charge is 2.28. The number of rotatable bonds is 2. The first-order valence-corrected chi connectivity index (χ1v) is 5.02. The van der Waals surface area contributed by atoms with Crippen LogP contribution in [0.25, 0.3) is 11.5 Å². The molecule has 0 spiro atoms. The van der Waals surface area contributed by atoms with Gasteiger partial charge in [-0.1, -0.05) is 11.2 Å². The Balaban J connectivity index is 1.97. The van der Waals surface area contributed by atoms with Gasteiger partial charge < -0.3 is 10.3 Å². The van der Waals surface area contributed by atoms with E-state index in [0.717, 1.165) is 11.4 Å². The molecule has 4 heteroatoms. The SMILES string of the molecule is Nc1cccc(-c2nc(C3CC3)no2)c1. The number of nitrogen functional groups attached to an aromatic ring is 1. The van der Waals surface area contributed by atoms with Gasteiger partial charge in [-0.15, -0.1) is 0 Å². The van der Waals surface area contributed by atoms with Gasteiger partial charge in [0.25, 0.3) is 5.89 Å². The molecule has 76 valence electrons. The second-order valence-corrected chi connectivity index (χ2v) is 3.86. The van der Waals surface area contributed by atoms with Gasteiger partial charge in [0.1, 0.15) is 0 Å². The van der Waals surface area contributed by atoms with Crippen LogP contribution in [-0.4, -0.2) is 10.1 Å². The van der Waals surface area contributed by atoms with Crippen LogP contribution in [0.2, 0.25) is 0 Å². The Morgan fingerprint density at radius 1 is 1.33 bits per heavy atom. The van der Waals surface area contributed by atoms with E-state index in [1.165, 1.54) is 12.8 Å². The third-order valence-electron chi connectivity index (χ3n) is 2.52. The van der Waals surface area contributed by atoms with Crippen LogP contribution in [0, 0.1) is 0 Å². The maximum absolute atomic E-state index is 5.69. The zero-order chi connectivity index (χ0) is 10.3. The molecule has 0 bridgehead atoms. The first-order valence-electron chi connectivity index (χ1n) is 5.02. The molecule has 1 aliphatic rings. The summed E-state index contributed by atoms with van der Waals surface area (Å²) >= 11 is 0. The lowest BCUT2D eigenvalue weighted by molar-refractivity contribution is 0.422. The number of anilines is 1. The fourth-order valence-electron chi connectivity index (χ4n) is 1.53. The zero-order valence-electron chi connectivity index (χ0n) is 8.18. The normalized spacial score (nSPS) is 15.5. The van der Waals surface area contributed by atoms with Gasteiger partial charge in [-0.05, 0) is 31.0 Å². The summed E-state index contributed by atoms with van der Waals surface area (Å²) in [4.78, 5) is 4.35. The summed E-state index contributed by atoms with van der Waals surface area (Å²) in [6.45, 7) is 0. The largest absolute Gasteiger partial charge is 0.399 e. The van der Waals surface area contributed by atoms with Crippen molar-refractivity contribution < 1.29 is 4.52 Å². The minimum atomic E-state index is 0.517. The average molecular weight is 201 g/mol. The maximum Gasteiger partial charge on any atom is 0.258 e. The van der Waals surface area contributed by atoms with Crippen molar-refractivity contribution in [2.75, 3.05) is 5.73 Å². The predicted octanol–water partition coefficient (Wildman–Crippen LogP) is 2.20. The van der Waals surface area contributed by atoms with Crippen LogP contribution in [0.1, 0.15) is 24.6 Å². The first-order chi connectivity index (χ1) is 7.33. The van der Waals surface area contributed by atoms with E-state index in [1.54, 1.807) is 0 Å². The van der Waals surface area contributed by atoms with Crippen molar-refractivity contribution in [1.82, 2.24) is 10.1 Å². The van der Waals surface area contributed by atoms with E-state index in [0.29, 0.717) is 17.5 Å². The fraction of sp³-hybridized carbons (Fsp3) is 0.273. The second-order valence-electron chi connectivity index (χ2n) is 3.86. The minimum Gasteiger partial charge on any atom is -0.399 e. The molecule has 15 heavy (non-hydrogen) atoms. The summed E-state index contributed by atoms with van der Waals surface area (Å²) < 4.78 is 5.19. The van der Waals surface area contributed by atoms with Crippen molar-refractivity contribution in [3.05, 3.63) is 30.1 Å². The maximum atomic E-state index is 5.69. The third kappa shape index (κ3) is 1.58. The molecule has 0 saturated heterocycles.